The van der Waals surface area contributed by atoms with E-state index < -0.39 is 0 Å². The number of nitrogens with zero attached hydrogens (tertiary/aromatic N) is 8. The van der Waals surface area contributed by atoms with Crippen LogP contribution in [0, 0.1) is 39.3 Å². The molecule has 5 heterocycles. The number of fused-ring (bicyclic) bond motifs is 1. The molecule has 4 aromatic carbocycles. The zero-order valence-corrected chi connectivity index (χ0v) is 36.5. The largest absolute Gasteiger partial charge is 0.395 e. The molecule has 9 rings (SSSR count). The first-order valence-corrected chi connectivity index (χ1v) is 21.1. The van der Waals surface area contributed by atoms with Gasteiger partial charge in [-0.1, -0.05) is 24.3 Å². The summed E-state index contributed by atoms with van der Waals surface area (Å²) in [6.45, 7) is 10.7. The van der Waals surface area contributed by atoms with Crippen molar-refractivity contribution in [2.45, 2.75) is 54.0 Å². The molecule has 0 fully saturated rings. The van der Waals surface area contributed by atoms with E-state index in [1.54, 1.807) is 31.4 Å². The lowest BCUT2D eigenvalue weighted by molar-refractivity contribution is 0.0852. The molecule has 0 saturated carbocycles. The highest BCUT2D eigenvalue weighted by Crippen LogP contribution is 2.30. The topological polar surface area (TPSA) is 110 Å². The van der Waals surface area contributed by atoms with Gasteiger partial charge in [-0.25, -0.2) is 28.7 Å². The molecule has 0 atom stereocenters. The maximum Gasteiger partial charge on any atom is 0.133 e. The molecule has 0 bridgehead atoms. The third-order valence-electron chi connectivity index (χ3n) is 11.0. The molecule has 1 N–H and O–H groups in total. The third-order valence-corrected chi connectivity index (χ3v) is 11.0. The van der Waals surface area contributed by atoms with Crippen molar-refractivity contribution < 1.29 is 23.4 Å². The van der Waals surface area contributed by atoms with Gasteiger partial charge in [0.25, 0.3) is 0 Å². The van der Waals surface area contributed by atoms with Crippen molar-refractivity contribution in [1.82, 2.24) is 38.2 Å². The quantitative estimate of drug-likeness (QED) is 0.130. The third kappa shape index (κ3) is 9.77. The van der Waals surface area contributed by atoms with Crippen LogP contribution < -0.4 is 0 Å². The number of halogens is 2. The normalized spacial score (nSPS) is 12.6. The number of aliphatic hydroxyl groups is 1. The zero-order chi connectivity index (χ0) is 44.7. The molecule has 64 heavy (non-hydrogen) atoms. The second-order valence-electron chi connectivity index (χ2n) is 15.7. The van der Waals surface area contributed by atoms with Crippen LogP contribution in [-0.2, 0) is 35.8 Å². The van der Waals surface area contributed by atoms with Crippen molar-refractivity contribution in [1.29, 1.82) is 0 Å². The molecule has 13 heteroatoms. The van der Waals surface area contributed by atoms with Gasteiger partial charge in [0.05, 0.1) is 73.2 Å². The number of rotatable bonds is 12. The van der Waals surface area contributed by atoms with Gasteiger partial charge in [0, 0.05) is 55.1 Å². The minimum absolute atomic E-state index is 0.0328. The SMILES string of the molecule is COCc1c(-c2ccc(F)cc2)nc(/C=C/c2ccc(-n3cnc(C)c3)c(C)c2)n1CCO.Cc1cn(-c2ccc(/C=C/c3nc(-c4ccc(F)cc4)c4n3CCOC4)cc2C)cn1. The van der Waals surface area contributed by atoms with Gasteiger partial charge < -0.3 is 32.8 Å². The van der Waals surface area contributed by atoms with Crippen LogP contribution in [0.15, 0.2) is 110 Å². The average Bonchev–Trinajstić information content (AvgIpc) is 4.09. The number of ether oxygens (including phenoxy) is 2. The zero-order valence-electron chi connectivity index (χ0n) is 36.5. The molecule has 0 spiro atoms. The van der Waals surface area contributed by atoms with Crippen LogP contribution in [0.4, 0.5) is 8.78 Å². The Morgan fingerprint density at radius 2 is 1.22 bits per heavy atom. The minimum Gasteiger partial charge on any atom is -0.395 e. The lowest BCUT2D eigenvalue weighted by Crippen LogP contribution is -2.17. The standard InChI is InChI=1S/C26H27FN4O2.C25H23FN4O/c1-18-14-20(4-10-23(18)30-15-19(2)28-17-30)5-11-25-29-26(21-6-8-22(27)9-7-21)24(16-33-3)31(25)12-13-32;1-17-13-19(3-9-22(17)29-14-18(2)27-16-29)4-10-24-28-25(20-5-7-21(26)8-6-20)23-15-31-12-11-30(23)24/h4-11,14-15,17,32H,12-13,16H2,1-3H3;3-10,13-14,16H,11-12,15H2,1-2H3/b11-5+;10-4+. The number of methoxy groups -OCH3 is 1. The van der Waals surface area contributed by atoms with Gasteiger partial charge in [-0.2, -0.15) is 0 Å². The van der Waals surface area contributed by atoms with Gasteiger partial charge >= 0.3 is 0 Å². The minimum atomic E-state index is -0.299. The van der Waals surface area contributed by atoms with E-state index >= 15 is 0 Å². The molecule has 0 aliphatic carbocycles. The second-order valence-corrected chi connectivity index (χ2v) is 15.7. The lowest BCUT2D eigenvalue weighted by atomic mass is 10.1. The fraction of sp³-hybridized carbons (Fsp3) is 0.216. The van der Waals surface area contributed by atoms with E-state index in [9.17, 15) is 13.9 Å². The summed E-state index contributed by atoms with van der Waals surface area (Å²) in [7, 11) is 1.62. The number of aryl methyl sites for hydroxylation is 4. The predicted molar refractivity (Wildman–Crippen MR) is 247 cm³/mol. The van der Waals surface area contributed by atoms with Crippen LogP contribution in [0.1, 0.15) is 56.7 Å². The van der Waals surface area contributed by atoms with Crippen LogP contribution in [0.5, 0.6) is 0 Å². The number of hydrogen-bond acceptors (Lipinski definition) is 7. The molecule has 1 aliphatic rings. The van der Waals surface area contributed by atoms with E-state index in [2.05, 4.69) is 64.8 Å². The fourth-order valence-corrected chi connectivity index (χ4v) is 7.89. The Morgan fingerprint density at radius 3 is 1.72 bits per heavy atom. The molecular weight excluding hydrogens is 811 g/mol. The Morgan fingerprint density at radius 1 is 0.688 bits per heavy atom. The van der Waals surface area contributed by atoms with Gasteiger partial charge in [-0.3, -0.25) is 0 Å². The van der Waals surface area contributed by atoms with Crippen molar-refractivity contribution in [3.05, 3.63) is 178 Å². The summed E-state index contributed by atoms with van der Waals surface area (Å²) < 4.78 is 46.0. The molecule has 4 aromatic heterocycles. The average molecular weight is 861 g/mol. The first kappa shape index (κ1) is 43.6. The summed E-state index contributed by atoms with van der Waals surface area (Å²) >= 11 is 0. The second kappa shape index (κ2) is 19.5. The van der Waals surface area contributed by atoms with E-state index in [4.69, 9.17) is 19.4 Å². The molecule has 0 radical (unpaired) electrons. The summed E-state index contributed by atoms with van der Waals surface area (Å²) in [5.74, 6) is 1.02. The van der Waals surface area contributed by atoms with E-state index in [0.29, 0.717) is 37.9 Å². The summed E-state index contributed by atoms with van der Waals surface area (Å²) in [6, 6.07) is 25.3. The number of hydrogen-bond donors (Lipinski definition) is 1. The van der Waals surface area contributed by atoms with Gasteiger partial charge in [-0.15, -0.1) is 0 Å². The van der Waals surface area contributed by atoms with Crippen molar-refractivity contribution >= 4 is 24.3 Å². The van der Waals surface area contributed by atoms with Crippen LogP contribution >= 0.6 is 0 Å². The van der Waals surface area contributed by atoms with Gasteiger partial charge in [0.15, 0.2) is 0 Å². The number of aliphatic hydroxyl groups excluding tert-OH is 1. The van der Waals surface area contributed by atoms with Crippen molar-refractivity contribution in [2.75, 3.05) is 20.3 Å². The Kier molecular flexibility index (Phi) is 13.3. The van der Waals surface area contributed by atoms with E-state index in [1.165, 1.54) is 29.8 Å². The van der Waals surface area contributed by atoms with E-state index in [0.717, 1.165) is 80.0 Å². The van der Waals surface area contributed by atoms with Crippen molar-refractivity contribution in [2.24, 2.45) is 0 Å². The first-order chi connectivity index (χ1) is 31.1. The number of benzene rings is 4. The van der Waals surface area contributed by atoms with Gasteiger partial charge in [0.2, 0.25) is 0 Å². The molecular formula is C51H50F2N8O3. The number of aromatic nitrogens is 8. The van der Waals surface area contributed by atoms with Crippen LogP contribution in [-0.4, -0.2) is 63.6 Å². The molecule has 1 aliphatic heterocycles. The molecule has 8 aromatic rings. The summed E-state index contributed by atoms with van der Waals surface area (Å²) in [5.41, 5.74) is 13.7. The van der Waals surface area contributed by atoms with Crippen molar-refractivity contribution in [3.63, 3.8) is 0 Å². The first-order valence-electron chi connectivity index (χ1n) is 21.1. The highest BCUT2D eigenvalue weighted by molar-refractivity contribution is 5.73. The maximum absolute atomic E-state index is 13.4. The van der Waals surface area contributed by atoms with Crippen LogP contribution in [0.2, 0.25) is 0 Å². The smallest absolute Gasteiger partial charge is 0.133 e. The molecule has 326 valence electrons. The molecule has 11 nitrogen and oxygen atoms in total. The number of imidazole rings is 4. The Hall–Kier alpha value is -7.06. The predicted octanol–water partition coefficient (Wildman–Crippen LogP) is 9.99. The van der Waals surface area contributed by atoms with Gasteiger partial charge in [0.1, 0.15) is 23.3 Å². The van der Waals surface area contributed by atoms with E-state index in [1.807, 2.05) is 76.9 Å². The molecule has 0 amide bonds. The van der Waals surface area contributed by atoms with Crippen LogP contribution in [0.25, 0.3) is 58.2 Å². The highest BCUT2D eigenvalue weighted by Gasteiger charge is 2.21. The summed E-state index contributed by atoms with van der Waals surface area (Å²) in [5, 5.41) is 9.64. The van der Waals surface area contributed by atoms with Gasteiger partial charge in [-0.05, 0) is 135 Å². The lowest BCUT2D eigenvalue weighted by Gasteiger charge is -2.17. The Labute approximate surface area is 371 Å². The van der Waals surface area contributed by atoms with Crippen molar-refractivity contribution in [3.8, 4) is 33.9 Å². The Balaban J connectivity index is 0.000000175. The van der Waals surface area contributed by atoms with E-state index in [-0.39, 0.29) is 18.2 Å². The highest BCUT2D eigenvalue weighted by atomic mass is 19.1. The molecule has 0 saturated heterocycles. The Bertz CT molecular complexity index is 2940. The van der Waals surface area contributed by atoms with Crippen LogP contribution in [0.3, 0.4) is 0 Å². The molecule has 0 unspecified atom stereocenters. The monoisotopic (exact) mass is 860 g/mol. The summed E-state index contributed by atoms with van der Waals surface area (Å²) in [4.78, 5) is 18.3. The fourth-order valence-electron chi connectivity index (χ4n) is 7.89. The maximum atomic E-state index is 13.4. The summed E-state index contributed by atoms with van der Waals surface area (Å²) in [6.07, 6.45) is 15.7.